The van der Waals surface area contributed by atoms with Gasteiger partial charge < -0.3 is 9.47 Å². The fraction of sp³-hybridized carbons (Fsp3) is 0.280. The van der Waals surface area contributed by atoms with Crippen molar-refractivity contribution in [3.63, 3.8) is 0 Å². The number of ether oxygens (including phenoxy) is 2. The van der Waals surface area contributed by atoms with Gasteiger partial charge in [0.15, 0.2) is 11.5 Å². The average Bonchev–Trinajstić information content (AvgIpc) is 3.60. The summed E-state index contributed by atoms with van der Waals surface area (Å²) in [7, 11) is 0. The smallest absolute Gasteiger partial charge is 0.231 e. The van der Waals surface area contributed by atoms with Gasteiger partial charge in [0.2, 0.25) is 6.79 Å². The van der Waals surface area contributed by atoms with E-state index in [-0.39, 0.29) is 6.79 Å². The summed E-state index contributed by atoms with van der Waals surface area (Å²) in [5.74, 6) is 1.57. The van der Waals surface area contributed by atoms with Crippen LogP contribution in [0.3, 0.4) is 0 Å². The SMILES string of the molecule is c1ccc(-n2cc(CN3CCCCC3c3nccs3)c(-c3ccc4c(c3)OCO4)n2)cc1. The minimum Gasteiger partial charge on any atom is -0.454 e. The minimum atomic E-state index is 0.271. The Bertz CT molecular complexity index is 1210. The van der Waals surface area contributed by atoms with Crippen molar-refractivity contribution < 1.29 is 9.47 Å². The third kappa shape index (κ3) is 3.67. The summed E-state index contributed by atoms with van der Waals surface area (Å²) < 4.78 is 13.1. The fourth-order valence-electron chi connectivity index (χ4n) is 4.60. The number of thiazole rings is 1. The predicted octanol–water partition coefficient (Wildman–Crippen LogP) is 5.45. The van der Waals surface area contributed by atoms with Gasteiger partial charge in [-0.15, -0.1) is 11.3 Å². The Hall–Kier alpha value is -3.16. The molecule has 2 aliphatic rings. The van der Waals surface area contributed by atoms with Crippen molar-refractivity contribution in [3.8, 4) is 28.4 Å². The Morgan fingerprint density at radius 1 is 1.03 bits per heavy atom. The molecular weight excluding hydrogens is 420 g/mol. The third-order valence-corrected chi connectivity index (χ3v) is 7.06. The zero-order chi connectivity index (χ0) is 21.3. The fourth-order valence-corrected chi connectivity index (χ4v) is 5.41. The summed E-state index contributed by atoms with van der Waals surface area (Å²) >= 11 is 1.76. The second-order valence-electron chi connectivity index (χ2n) is 8.20. The largest absolute Gasteiger partial charge is 0.454 e. The van der Waals surface area contributed by atoms with Crippen LogP contribution >= 0.6 is 11.3 Å². The lowest BCUT2D eigenvalue weighted by molar-refractivity contribution is 0.140. The first-order chi connectivity index (χ1) is 15.8. The number of nitrogens with zero attached hydrogens (tertiary/aromatic N) is 4. The first-order valence-electron chi connectivity index (χ1n) is 11.0. The molecule has 4 aromatic rings. The second kappa shape index (κ2) is 8.41. The predicted molar refractivity (Wildman–Crippen MR) is 124 cm³/mol. The molecule has 1 fully saturated rings. The third-order valence-electron chi connectivity index (χ3n) is 6.18. The van der Waals surface area contributed by atoms with Crippen molar-refractivity contribution in [3.05, 3.63) is 76.9 Å². The van der Waals surface area contributed by atoms with E-state index in [2.05, 4.69) is 39.7 Å². The zero-order valence-electron chi connectivity index (χ0n) is 17.7. The van der Waals surface area contributed by atoms with Gasteiger partial charge >= 0.3 is 0 Å². The summed E-state index contributed by atoms with van der Waals surface area (Å²) in [5.41, 5.74) is 4.28. The van der Waals surface area contributed by atoms with Gasteiger partial charge in [-0.05, 0) is 49.7 Å². The van der Waals surface area contributed by atoms with E-state index >= 15 is 0 Å². The highest BCUT2D eigenvalue weighted by molar-refractivity contribution is 7.09. The van der Waals surface area contributed by atoms with Crippen LogP contribution in [0.2, 0.25) is 0 Å². The number of aromatic nitrogens is 3. The van der Waals surface area contributed by atoms with Crippen LogP contribution < -0.4 is 9.47 Å². The Morgan fingerprint density at radius 3 is 2.81 bits per heavy atom. The van der Waals surface area contributed by atoms with Gasteiger partial charge in [-0.25, -0.2) is 9.67 Å². The van der Waals surface area contributed by atoms with E-state index in [0.29, 0.717) is 6.04 Å². The standard InChI is InChI=1S/C25H24N4O2S/c1-2-6-20(7-3-1)29-16-19(15-28-12-5-4-8-21(28)25-26-11-13-32-25)24(27-29)18-9-10-22-23(14-18)31-17-30-22/h1-3,6-7,9-11,13-14,16,21H,4-5,8,12,15,17H2. The minimum absolute atomic E-state index is 0.271. The van der Waals surface area contributed by atoms with Crippen LogP contribution in [0.5, 0.6) is 11.5 Å². The molecule has 0 aliphatic carbocycles. The van der Waals surface area contributed by atoms with Crippen molar-refractivity contribution in [2.45, 2.75) is 31.8 Å². The highest BCUT2D eigenvalue weighted by atomic mass is 32.1. The van der Waals surface area contributed by atoms with Crippen LogP contribution in [0.4, 0.5) is 0 Å². The highest BCUT2D eigenvalue weighted by Crippen LogP contribution is 2.38. The van der Waals surface area contributed by atoms with Crippen molar-refractivity contribution >= 4 is 11.3 Å². The molecule has 162 valence electrons. The lowest BCUT2D eigenvalue weighted by Gasteiger charge is -2.34. The Morgan fingerprint density at radius 2 is 1.94 bits per heavy atom. The molecule has 2 aliphatic heterocycles. The monoisotopic (exact) mass is 444 g/mol. The maximum atomic E-state index is 5.63. The Balaban J connectivity index is 1.39. The van der Waals surface area contributed by atoms with E-state index in [1.165, 1.54) is 23.4 Å². The Labute approximate surface area is 191 Å². The van der Waals surface area contributed by atoms with Crippen LogP contribution in [0.1, 0.15) is 35.9 Å². The topological polar surface area (TPSA) is 52.4 Å². The first-order valence-corrected chi connectivity index (χ1v) is 11.9. The number of hydrogen-bond acceptors (Lipinski definition) is 6. The molecule has 0 N–H and O–H groups in total. The molecule has 2 aromatic carbocycles. The molecule has 1 saturated heterocycles. The second-order valence-corrected chi connectivity index (χ2v) is 9.13. The van der Waals surface area contributed by atoms with Crippen molar-refractivity contribution in [1.82, 2.24) is 19.7 Å². The van der Waals surface area contributed by atoms with E-state index < -0.39 is 0 Å². The molecule has 7 heteroatoms. The zero-order valence-corrected chi connectivity index (χ0v) is 18.5. The highest BCUT2D eigenvalue weighted by Gasteiger charge is 2.28. The first kappa shape index (κ1) is 19.5. The molecule has 0 spiro atoms. The van der Waals surface area contributed by atoms with Crippen LogP contribution in [-0.4, -0.2) is 33.0 Å². The van der Waals surface area contributed by atoms with Crippen LogP contribution in [-0.2, 0) is 6.54 Å². The van der Waals surface area contributed by atoms with Gasteiger partial charge in [0.1, 0.15) is 5.01 Å². The summed E-state index contributed by atoms with van der Waals surface area (Å²) in [6.07, 6.45) is 7.70. The normalized spacial score (nSPS) is 18.2. The summed E-state index contributed by atoms with van der Waals surface area (Å²) in [6, 6.07) is 16.7. The van der Waals surface area contributed by atoms with Crippen molar-refractivity contribution in [2.24, 2.45) is 0 Å². The van der Waals surface area contributed by atoms with E-state index in [0.717, 1.165) is 48.0 Å². The molecule has 2 aromatic heterocycles. The van der Waals surface area contributed by atoms with Crippen LogP contribution in [0.15, 0.2) is 66.3 Å². The molecule has 0 amide bonds. The van der Waals surface area contributed by atoms with Gasteiger partial charge in [0, 0.05) is 35.4 Å². The number of likely N-dealkylation sites (tertiary alicyclic amines) is 1. The molecule has 32 heavy (non-hydrogen) atoms. The number of hydrogen-bond donors (Lipinski definition) is 0. The van der Waals surface area contributed by atoms with Gasteiger partial charge in [-0.2, -0.15) is 5.10 Å². The molecule has 0 radical (unpaired) electrons. The number of para-hydroxylation sites is 1. The van der Waals surface area contributed by atoms with Gasteiger partial charge in [-0.3, -0.25) is 4.90 Å². The molecule has 1 unspecified atom stereocenters. The summed E-state index contributed by atoms with van der Waals surface area (Å²) in [6.45, 7) is 2.18. The maximum Gasteiger partial charge on any atom is 0.231 e. The van der Waals surface area contributed by atoms with E-state index in [1.807, 2.05) is 41.2 Å². The molecule has 4 heterocycles. The molecule has 0 saturated carbocycles. The quantitative estimate of drug-likeness (QED) is 0.410. The molecule has 1 atom stereocenters. The van der Waals surface area contributed by atoms with Crippen LogP contribution in [0.25, 0.3) is 16.9 Å². The Kier molecular flexibility index (Phi) is 5.13. The number of benzene rings is 2. The van der Waals surface area contributed by atoms with E-state index in [9.17, 15) is 0 Å². The van der Waals surface area contributed by atoms with Gasteiger partial charge in [0.05, 0.1) is 17.4 Å². The van der Waals surface area contributed by atoms with Crippen molar-refractivity contribution in [1.29, 1.82) is 0 Å². The van der Waals surface area contributed by atoms with Gasteiger partial charge in [0.25, 0.3) is 0 Å². The molecular formula is C25H24N4O2S. The number of rotatable bonds is 5. The maximum absolute atomic E-state index is 5.63. The summed E-state index contributed by atoms with van der Waals surface area (Å²) in [5, 5.41) is 8.30. The van der Waals surface area contributed by atoms with Crippen LogP contribution in [0, 0.1) is 0 Å². The average molecular weight is 445 g/mol. The lowest BCUT2D eigenvalue weighted by Crippen LogP contribution is -2.32. The summed E-state index contributed by atoms with van der Waals surface area (Å²) in [4.78, 5) is 7.19. The van der Waals surface area contributed by atoms with E-state index in [1.54, 1.807) is 11.3 Å². The molecule has 6 rings (SSSR count). The van der Waals surface area contributed by atoms with Gasteiger partial charge in [-0.1, -0.05) is 24.6 Å². The number of piperidine rings is 1. The number of fused-ring (bicyclic) bond motifs is 1. The molecule has 0 bridgehead atoms. The molecule has 6 nitrogen and oxygen atoms in total. The lowest BCUT2D eigenvalue weighted by atomic mass is 10.0. The van der Waals surface area contributed by atoms with Crippen molar-refractivity contribution in [2.75, 3.05) is 13.3 Å². The van der Waals surface area contributed by atoms with E-state index in [4.69, 9.17) is 14.6 Å².